The van der Waals surface area contributed by atoms with Crippen molar-refractivity contribution < 1.29 is 9.53 Å². The second-order valence-corrected chi connectivity index (χ2v) is 5.79. The number of hydrogen-bond donors (Lipinski definition) is 0. The van der Waals surface area contributed by atoms with Crippen molar-refractivity contribution in [1.82, 2.24) is 0 Å². The topological polar surface area (TPSA) is 26.3 Å². The quantitative estimate of drug-likeness (QED) is 0.604. The Morgan fingerprint density at radius 3 is 2.47 bits per heavy atom. The van der Waals surface area contributed by atoms with Crippen LogP contribution in [0.4, 0.5) is 0 Å². The zero-order valence-corrected chi connectivity index (χ0v) is 12.2. The molecule has 0 amide bonds. The number of esters is 1. The lowest BCUT2D eigenvalue weighted by molar-refractivity contribution is -0.153. The first-order valence-electron chi connectivity index (χ1n) is 5.83. The highest BCUT2D eigenvalue weighted by molar-refractivity contribution is 9.09. The van der Waals surface area contributed by atoms with Crippen LogP contribution in [0.2, 0.25) is 0 Å². The van der Waals surface area contributed by atoms with Crippen LogP contribution < -0.4 is 0 Å². The Balaban J connectivity index is 2.67. The van der Waals surface area contributed by atoms with Crippen molar-refractivity contribution in [3.63, 3.8) is 0 Å². The van der Waals surface area contributed by atoms with E-state index in [9.17, 15) is 4.79 Å². The van der Waals surface area contributed by atoms with Crippen molar-refractivity contribution in [3.8, 4) is 0 Å². The molecule has 0 aromatic heterocycles. The first kappa shape index (κ1) is 14.2. The molecule has 0 spiro atoms. The molecule has 1 unspecified atom stereocenters. The molecule has 0 saturated heterocycles. The van der Waals surface area contributed by atoms with Crippen LogP contribution in [0.25, 0.3) is 0 Å². The Bertz CT molecular complexity index is 360. The molecule has 1 aromatic rings. The molecule has 17 heavy (non-hydrogen) atoms. The SMILES string of the molecule is CCOC(=O)C(C)(C)CC(Br)c1ccccc1. The summed E-state index contributed by atoms with van der Waals surface area (Å²) in [5.74, 6) is -0.139. The Hall–Kier alpha value is -0.830. The minimum atomic E-state index is -0.472. The van der Waals surface area contributed by atoms with Crippen molar-refractivity contribution in [2.75, 3.05) is 6.61 Å². The molecule has 94 valence electrons. The Morgan fingerprint density at radius 2 is 1.94 bits per heavy atom. The second-order valence-electron chi connectivity index (χ2n) is 4.69. The van der Waals surface area contributed by atoms with Gasteiger partial charge in [0, 0.05) is 4.83 Å². The highest BCUT2D eigenvalue weighted by atomic mass is 79.9. The maximum absolute atomic E-state index is 11.8. The summed E-state index contributed by atoms with van der Waals surface area (Å²) in [5.41, 5.74) is 0.713. The number of alkyl halides is 1. The van der Waals surface area contributed by atoms with Crippen LogP contribution in [0, 0.1) is 5.41 Å². The van der Waals surface area contributed by atoms with E-state index in [1.165, 1.54) is 5.56 Å². The zero-order chi connectivity index (χ0) is 12.9. The summed E-state index contributed by atoms with van der Waals surface area (Å²) in [6.07, 6.45) is 0.718. The minimum absolute atomic E-state index is 0.139. The number of halogens is 1. The van der Waals surface area contributed by atoms with E-state index in [4.69, 9.17) is 4.74 Å². The molecule has 2 nitrogen and oxygen atoms in total. The molecule has 0 radical (unpaired) electrons. The molecule has 1 atom stereocenters. The summed E-state index contributed by atoms with van der Waals surface area (Å²) < 4.78 is 5.08. The molecule has 0 heterocycles. The molecule has 0 fully saturated rings. The van der Waals surface area contributed by atoms with E-state index in [0.29, 0.717) is 6.61 Å². The number of ether oxygens (including phenoxy) is 1. The van der Waals surface area contributed by atoms with Crippen LogP contribution in [0.3, 0.4) is 0 Å². The van der Waals surface area contributed by atoms with E-state index in [-0.39, 0.29) is 10.8 Å². The molecular formula is C14H19BrO2. The predicted octanol–water partition coefficient (Wildman–Crippen LogP) is 4.10. The third kappa shape index (κ3) is 4.15. The Morgan fingerprint density at radius 1 is 1.35 bits per heavy atom. The maximum atomic E-state index is 11.8. The molecular weight excluding hydrogens is 280 g/mol. The molecule has 0 aliphatic carbocycles. The molecule has 0 N–H and O–H groups in total. The van der Waals surface area contributed by atoms with Gasteiger partial charge in [-0.2, -0.15) is 0 Å². The van der Waals surface area contributed by atoms with Gasteiger partial charge in [0.15, 0.2) is 0 Å². The summed E-state index contributed by atoms with van der Waals surface area (Å²) in [4.78, 5) is 12.0. The van der Waals surface area contributed by atoms with Gasteiger partial charge in [-0.15, -0.1) is 0 Å². The van der Waals surface area contributed by atoms with Crippen molar-refractivity contribution in [1.29, 1.82) is 0 Å². The highest BCUT2D eigenvalue weighted by Crippen LogP contribution is 2.36. The number of benzene rings is 1. The molecule has 1 rings (SSSR count). The normalized spacial score (nSPS) is 13.2. The van der Waals surface area contributed by atoms with Gasteiger partial charge in [-0.25, -0.2) is 0 Å². The van der Waals surface area contributed by atoms with Crippen LogP contribution in [0.1, 0.15) is 37.6 Å². The summed E-state index contributed by atoms with van der Waals surface area (Å²) in [7, 11) is 0. The van der Waals surface area contributed by atoms with Crippen molar-refractivity contribution >= 4 is 21.9 Å². The van der Waals surface area contributed by atoms with Gasteiger partial charge < -0.3 is 4.74 Å². The largest absolute Gasteiger partial charge is 0.466 e. The average molecular weight is 299 g/mol. The molecule has 0 saturated carbocycles. The minimum Gasteiger partial charge on any atom is -0.466 e. The van der Waals surface area contributed by atoms with Gasteiger partial charge in [0.25, 0.3) is 0 Å². The highest BCUT2D eigenvalue weighted by Gasteiger charge is 2.31. The summed E-state index contributed by atoms with van der Waals surface area (Å²) in [6, 6.07) is 10.1. The van der Waals surface area contributed by atoms with E-state index in [1.807, 2.05) is 39.0 Å². The maximum Gasteiger partial charge on any atom is 0.311 e. The first-order valence-corrected chi connectivity index (χ1v) is 6.75. The predicted molar refractivity (Wildman–Crippen MR) is 73.1 cm³/mol. The lowest BCUT2D eigenvalue weighted by Gasteiger charge is -2.25. The summed E-state index contributed by atoms with van der Waals surface area (Å²) >= 11 is 3.63. The standard InChI is InChI=1S/C14H19BrO2/c1-4-17-13(16)14(2,3)10-12(15)11-8-6-5-7-9-11/h5-9,12H,4,10H2,1-3H3. The molecule has 0 aliphatic heterocycles. The molecule has 1 aromatic carbocycles. The molecule has 3 heteroatoms. The third-order valence-corrected chi connectivity index (χ3v) is 3.53. The van der Waals surface area contributed by atoms with Crippen molar-refractivity contribution in [2.45, 2.75) is 32.0 Å². The van der Waals surface area contributed by atoms with Crippen LogP contribution in [-0.2, 0) is 9.53 Å². The number of hydrogen-bond acceptors (Lipinski definition) is 2. The third-order valence-electron chi connectivity index (χ3n) is 2.68. The van der Waals surface area contributed by atoms with Crippen molar-refractivity contribution in [2.24, 2.45) is 5.41 Å². The smallest absolute Gasteiger partial charge is 0.311 e. The average Bonchev–Trinajstić information content (AvgIpc) is 2.30. The van der Waals surface area contributed by atoms with E-state index < -0.39 is 5.41 Å². The summed E-state index contributed by atoms with van der Waals surface area (Å²) in [6.45, 7) is 6.10. The zero-order valence-electron chi connectivity index (χ0n) is 10.6. The fourth-order valence-electron chi connectivity index (χ4n) is 1.64. The van der Waals surface area contributed by atoms with Crippen LogP contribution in [-0.4, -0.2) is 12.6 Å². The van der Waals surface area contributed by atoms with Gasteiger partial charge in [0.2, 0.25) is 0 Å². The van der Waals surface area contributed by atoms with E-state index in [2.05, 4.69) is 28.1 Å². The molecule has 0 aliphatic rings. The first-order chi connectivity index (χ1) is 7.97. The van der Waals surface area contributed by atoms with Gasteiger partial charge in [-0.1, -0.05) is 46.3 Å². The van der Waals surface area contributed by atoms with E-state index in [0.717, 1.165) is 6.42 Å². The van der Waals surface area contributed by atoms with Crippen LogP contribution >= 0.6 is 15.9 Å². The van der Waals surface area contributed by atoms with Crippen LogP contribution in [0.15, 0.2) is 30.3 Å². The fraction of sp³-hybridized carbons (Fsp3) is 0.500. The number of carbonyl (C=O) groups is 1. The van der Waals surface area contributed by atoms with Gasteiger partial charge >= 0.3 is 5.97 Å². The summed E-state index contributed by atoms with van der Waals surface area (Å²) in [5, 5.41) is 0. The van der Waals surface area contributed by atoms with E-state index >= 15 is 0 Å². The van der Waals surface area contributed by atoms with Gasteiger partial charge in [-0.3, -0.25) is 4.79 Å². The van der Waals surface area contributed by atoms with Gasteiger partial charge in [0.05, 0.1) is 12.0 Å². The van der Waals surface area contributed by atoms with Crippen LogP contribution in [0.5, 0.6) is 0 Å². The van der Waals surface area contributed by atoms with E-state index in [1.54, 1.807) is 0 Å². The number of carbonyl (C=O) groups excluding carboxylic acids is 1. The van der Waals surface area contributed by atoms with Crippen molar-refractivity contribution in [3.05, 3.63) is 35.9 Å². The van der Waals surface area contributed by atoms with Gasteiger partial charge in [0.1, 0.15) is 0 Å². The lowest BCUT2D eigenvalue weighted by atomic mass is 9.86. The fourth-order valence-corrected chi connectivity index (χ4v) is 2.75. The second kappa shape index (κ2) is 6.20. The molecule has 0 bridgehead atoms. The van der Waals surface area contributed by atoms with Gasteiger partial charge in [-0.05, 0) is 32.8 Å². The number of rotatable bonds is 5. The monoisotopic (exact) mass is 298 g/mol. The lowest BCUT2D eigenvalue weighted by Crippen LogP contribution is -2.27. The Labute approximate surface area is 111 Å². The Kier molecular flexibility index (Phi) is 5.19.